The second-order valence-electron chi connectivity index (χ2n) is 9.91. The molecule has 0 bridgehead atoms. The van der Waals surface area contributed by atoms with E-state index in [-0.39, 0.29) is 5.92 Å². The Morgan fingerprint density at radius 1 is 1.08 bits per heavy atom. The third-order valence-corrected chi connectivity index (χ3v) is 7.18. The highest BCUT2D eigenvalue weighted by Crippen LogP contribution is 2.39. The summed E-state index contributed by atoms with van der Waals surface area (Å²) in [5.41, 5.74) is 7.32. The average molecular weight is 508 g/mol. The Kier molecular flexibility index (Phi) is 7.80. The predicted molar refractivity (Wildman–Crippen MR) is 151 cm³/mol. The second kappa shape index (κ2) is 11.6. The summed E-state index contributed by atoms with van der Waals surface area (Å²) in [5.74, 6) is 0.701. The molecule has 194 valence electrons. The van der Waals surface area contributed by atoms with Gasteiger partial charge in [-0.2, -0.15) is 0 Å². The lowest BCUT2D eigenvalue weighted by atomic mass is 9.90. The van der Waals surface area contributed by atoms with E-state index in [1.54, 1.807) is 6.20 Å². The fourth-order valence-electron chi connectivity index (χ4n) is 5.12. The summed E-state index contributed by atoms with van der Waals surface area (Å²) in [6.07, 6.45) is 8.41. The first-order chi connectivity index (χ1) is 18.6. The number of pyridine rings is 2. The van der Waals surface area contributed by atoms with E-state index in [0.717, 1.165) is 69.2 Å². The van der Waals surface area contributed by atoms with Crippen LogP contribution in [0.5, 0.6) is 5.75 Å². The van der Waals surface area contributed by atoms with Crippen LogP contribution in [0.2, 0.25) is 0 Å². The molecule has 0 saturated carbocycles. The van der Waals surface area contributed by atoms with Crippen molar-refractivity contribution in [1.82, 2.24) is 15.0 Å². The zero-order valence-corrected chi connectivity index (χ0v) is 21.9. The van der Waals surface area contributed by atoms with Crippen molar-refractivity contribution in [1.29, 1.82) is 0 Å². The summed E-state index contributed by atoms with van der Waals surface area (Å²) in [6, 6.07) is 18.7. The molecule has 5 aromatic rings. The zero-order chi connectivity index (χ0) is 26.5. The minimum absolute atomic E-state index is 0.106. The number of ether oxygens (including phenoxy) is 1. The molecule has 5 rings (SSSR count). The van der Waals surface area contributed by atoms with Gasteiger partial charge in [0.1, 0.15) is 23.8 Å². The fourth-order valence-corrected chi connectivity index (χ4v) is 5.12. The molecule has 2 aromatic carbocycles. The molecule has 2 N–H and O–H groups in total. The SMILES string of the molecule is CCC(Cc1cccc(-c2ccc(OCCCc3cccnc3)c3[nH]c4ncc(C)cc4c23)c1)[C@@H](O)C=O. The van der Waals surface area contributed by atoms with Crippen LogP contribution in [0.3, 0.4) is 0 Å². The molecule has 38 heavy (non-hydrogen) atoms. The van der Waals surface area contributed by atoms with Gasteiger partial charge in [0, 0.05) is 29.4 Å². The van der Waals surface area contributed by atoms with E-state index < -0.39 is 6.10 Å². The molecule has 0 aliphatic heterocycles. The number of nitrogens with one attached hydrogen (secondary N) is 1. The Labute approximate surface area is 222 Å². The number of carbonyl (C=O) groups excluding carboxylic acids is 1. The molecule has 6 nitrogen and oxygen atoms in total. The standard InChI is InChI=1S/C32H33N3O3/c1-3-24(28(37)20-36)16-23-7-4-10-25(17-23)26-11-12-29(38-14-6-9-22-8-5-13-33-19-22)31-30(26)27-15-21(2)18-34-32(27)35-31/h4-5,7-8,10-13,15,17-20,24,28,37H,3,6,9,14,16H2,1-2H3,(H,34,35)/t24?,28-/m0/s1. The Bertz CT molecular complexity index is 1540. The van der Waals surface area contributed by atoms with Gasteiger partial charge in [0.25, 0.3) is 0 Å². The maximum absolute atomic E-state index is 11.2. The number of H-pyrrole nitrogens is 1. The number of rotatable bonds is 11. The number of aromatic amines is 1. The minimum atomic E-state index is -0.951. The van der Waals surface area contributed by atoms with E-state index in [9.17, 15) is 9.90 Å². The number of carbonyl (C=O) groups is 1. The van der Waals surface area contributed by atoms with Crippen LogP contribution in [0, 0.1) is 12.8 Å². The Morgan fingerprint density at radius 2 is 1.95 bits per heavy atom. The lowest BCUT2D eigenvalue weighted by Gasteiger charge is -2.17. The van der Waals surface area contributed by atoms with Crippen LogP contribution in [-0.2, 0) is 17.6 Å². The van der Waals surface area contributed by atoms with E-state index >= 15 is 0 Å². The van der Waals surface area contributed by atoms with Crippen LogP contribution in [0.15, 0.2) is 73.2 Å². The van der Waals surface area contributed by atoms with Gasteiger partial charge in [-0.25, -0.2) is 4.98 Å². The molecule has 0 saturated heterocycles. The zero-order valence-electron chi connectivity index (χ0n) is 21.9. The van der Waals surface area contributed by atoms with Crippen molar-refractivity contribution >= 4 is 28.2 Å². The van der Waals surface area contributed by atoms with Crippen LogP contribution in [0.1, 0.15) is 36.5 Å². The molecule has 6 heteroatoms. The van der Waals surface area contributed by atoms with Crippen LogP contribution in [0.4, 0.5) is 0 Å². The first-order valence-electron chi connectivity index (χ1n) is 13.2. The Morgan fingerprint density at radius 3 is 2.74 bits per heavy atom. The second-order valence-corrected chi connectivity index (χ2v) is 9.91. The molecule has 0 amide bonds. The van der Waals surface area contributed by atoms with Gasteiger partial charge >= 0.3 is 0 Å². The van der Waals surface area contributed by atoms with Crippen molar-refractivity contribution in [2.75, 3.05) is 6.61 Å². The van der Waals surface area contributed by atoms with Crippen molar-refractivity contribution in [3.05, 3.63) is 89.9 Å². The van der Waals surface area contributed by atoms with Crippen LogP contribution < -0.4 is 4.74 Å². The van der Waals surface area contributed by atoms with Crippen molar-refractivity contribution in [2.45, 2.75) is 45.6 Å². The van der Waals surface area contributed by atoms with Crippen molar-refractivity contribution in [3.63, 3.8) is 0 Å². The number of benzene rings is 2. The highest BCUT2D eigenvalue weighted by atomic mass is 16.5. The molecule has 0 radical (unpaired) electrons. The van der Waals surface area contributed by atoms with Gasteiger partial charge in [-0.1, -0.05) is 43.7 Å². The molecule has 3 heterocycles. The normalized spacial score (nSPS) is 13.0. The Hall–Kier alpha value is -4.03. The molecule has 0 aliphatic rings. The van der Waals surface area contributed by atoms with Gasteiger partial charge in [-0.15, -0.1) is 0 Å². The molecular formula is C32H33N3O3. The van der Waals surface area contributed by atoms with Gasteiger partial charge < -0.3 is 19.6 Å². The maximum Gasteiger partial charge on any atom is 0.148 e. The van der Waals surface area contributed by atoms with Gasteiger partial charge in [0.05, 0.1) is 12.1 Å². The van der Waals surface area contributed by atoms with E-state index in [1.165, 1.54) is 5.56 Å². The largest absolute Gasteiger partial charge is 0.491 e. The maximum atomic E-state index is 11.2. The molecule has 0 fully saturated rings. The topological polar surface area (TPSA) is 88.1 Å². The number of aryl methyl sites for hydroxylation is 2. The van der Waals surface area contributed by atoms with E-state index in [0.29, 0.717) is 19.3 Å². The molecule has 3 aromatic heterocycles. The number of hydrogen-bond donors (Lipinski definition) is 2. The summed E-state index contributed by atoms with van der Waals surface area (Å²) < 4.78 is 6.28. The summed E-state index contributed by atoms with van der Waals surface area (Å²) in [6.45, 7) is 4.65. The molecule has 0 spiro atoms. The van der Waals surface area contributed by atoms with Crippen LogP contribution >= 0.6 is 0 Å². The summed E-state index contributed by atoms with van der Waals surface area (Å²) in [5, 5.41) is 12.3. The molecular weight excluding hydrogens is 474 g/mol. The molecule has 1 unspecified atom stereocenters. The fraction of sp³-hybridized carbons (Fsp3) is 0.281. The first-order valence-corrected chi connectivity index (χ1v) is 13.2. The highest BCUT2D eigenvalue weighted by molar-refractivity contribution is 6.15. The van der Waals surface area contributed by atoms with Crippen molar-refractivity contribution in [3.8, 4) is 16.9 Å². The van der Waals surface area contributed by atoms with Gasteiger partial charge in [0.15, 0.2) is 0 Å². The first kappa shape index (κ1) is 25.6. The number of fused-ring (bicyclic) bond motifs is 3. The lowest BCUT2D eigenvalue weighted by Crippen LogP contribution is -2.23. The average Bonchev–Trinajstić information content (AvgIpc) is 3.33. The predicted octanol–water partition coefficient (Wildman–Crippen LogP) is 6.23. The van der Waals surface area contributed by atoms with Crippen LogP contribution in [-0.4, -0.2) is 39.1 Å². The monoisotopic (exact) mass is 507 g/mol. The number of aliphatic hydroxyl groups excluding tert-OH is 1. The third kappa shape index (κ3) is 5.46. The highest BCUT2D eigenvalue weighted by Gasteiger charge is 2.19. The third-order valence-electron chi connectivity index (χ3n) is 7.18. The van der Waals surface area contributed by atoms with Crippen LogP contribution in [0.25, 0.3) is 33.1 Å². The Balaban J connectivity index is 1.49. The van der Waals surface area contributed by atoms with Gasteiger partial charge in [-0.3, -0.25) is 4.98 Å². The van der Waals surface area contributed by atoms with E-state index in [1.807, 2.05) is 44.4 Å². The molecule has 0 aliphatic carbocycles. The summed E-state index contributed by atoms with van der Waals surface area (Å²) >= 11 is 0. The lowest BCUT2D eigenvalue weighted by molar-refractivity contribution is -0.117. The van der Waals surface area contributed by atoms with Crippen molar-refractivity contribution < 1.29 is 14.6 Å². The smallest absolute Gasteiger partial charge is 0.148 e. The summed E-state index contributed by atoms with van der Waals surface area (Å²) in [7, 11) is 0. The minimum Gasteiger partial charge on any atom is -0.491 e. The van der Waals surface area contributed by atoms with Gasteiger partial charge in [-0.05, 0) is 84.2 Å². The number of hydrogen-bond acceptors (Lipinski definition) is 5. The van der Waals surface area contributed by atoms with Crippen molar-refractivity contribution in [2.24, 2.45) is 5.92 Å². The van der Waals surface area contributed by atoms with E-state index in [2.05, 4.69) is 51.4 Å². The molecule has 2 atom stereocenters. The van der Waals surface area contributed by atoms with Gasteiger partial charge in [0.2, 0.25) is 0 Å². The quantitative estimate of drug-likeness (QED) is 0.164. The number of aromatic nitrogens is 3. The number of aldehydes is 1. The summed E-state index contributed by atoms with van der Waals surface area (Å²) in [4.78, 5) is 23.5. The van der Waals surface area contributed by atoms with E-state index in [4.69, 9.17) is 4.74 Å². The number of aliphatic hydroxyl groups is 1. The number of nitrogens with zero attached hydrogens (tertiary/aromatic N) is 2.